The van der Waals surface area contributed by atoms with Gasteiger partial charge in [0.1, 0.15) is 11.6 Å². The molecule has 0 radical (unpaired) electrons. The second kappa shape index (κ2) is 9.27. The van der Waals surface area contributed by atoms with Crippen LogP contribution in [0.2, 0.25) is 5.02 Å². The molecule has 2 N–H and O–H groups in total. The Morgan fingerprint density at radius 3 is 2.64 bits per heavy atom. The predicted octanol–water partition coefficient (Wildman–Crippen LogP) is 3.94. The summed E-state index contributed by atoms with van der Waals surface area (Å²) in [7, 11) is 0. The lowest BCUT2D eigenvalue weighted by Crippen LogP contribution is -2.36. The normalized spacial score (nSPS) is 14.3. The van der Waals surface area contributed by atoms with Crippen LogP contribution in [0.25, 0.3) is 0 Å². The molecule has 2 aromatic rings. The fourth-order valence-electron chi connectivity index (χ4n) is 2.91. The number of rotatable bonds is 5. The van der Waals surface area contributed by atoms with Gasteiger partial charge < -0.3 is 20.3 Å². The number of halogens is 1. The highest BCUT2D eigenvalue weighted by atomic mass is 35.5. The maximum Gasteiger partial charge on any atom is 0.267 e. The van der Waals surface area contributed by atoms with Crippen LogP contribution in [0, 0.1) is 18.3 Å². The molecule has 7 heteroatoms. The number of morpholine rings is 1. The van der Waals surface area contributed by atoms with Crippen LogP contribution in [0.5, 0.6) is 0 Å². The average Bonchev–Trinajstić information content (AvgIpc) is 2.73. The Kier molecular flexibility index (Phi) is 6.53. The van der Waals surface area contributed by atoms with E-state index in [0.717, 1.165) is 30.0 Å². The van der Waals surface area contributed by atoms with Crippen molar-refractivity contribution in [2.24, 2.45) is 0 Å². The molecular weight excluding hydrogens is 376 g/mol. The summed E-state index contributed by atoms with van der Waals surface area (Å²) in [6.45, 7) is 4.75. The molecule has 1 saturated heterocycles. The highest BCUT2D eigenvalue weighted by molar-refractivity contribution is 6.31. The van der Waals surface area contributed by atoms with Gasteiger partial charge in [-0.1, -0.05) is 29.8 Å². The number of hydrogen-bond acceptors (Lipinski definition) is 5. The van der Waals surface area contributed by atoms with E-state index in [2.05, 4.69) is 15.5 Å². The minimum absolute atomic E-state index is 0.0313. The molecule has 1 heterocycles. The van der Waals surface area contributed by atoms with Crippen molar-refractivity contribution in [3.8, 4) is 6.07 Å². The Balaban J connectivity index is 1.76. The highest BCUT2D eigenvalue weighted by Crippen LogP contribution is 2.27. The van der Waals surface area contributed by atoms with E-state index in [1.807, 2.05) is 37.3 Å². The molecule has 0 spiro atoms. The molecule has 1 fully saturated rings. The monoisotopic (exact) mass is 396 g/mol. The van der Waals surface area contributed by atoms with Crippen LogP contribution in [0.15, 0.2) is 54.2 Å². The standard InChI is InChI=1S/C21H21ClN4O2/c1-15-17(22)5-4-7-18(15)25-21(27)16(13-23)14-24-19-6-2-3-8-20(19)26-9-11-28-12-10-26/h2-8,14,24H,9-12H2,1H3,(H,25,27)/b16-14-. The Bertz CT molecular complexity index is 930. The number of carbonyl (C=O) groups excluding carboxylic acids is 1. The van der Waals surface area contributed by atoms with Crippen LogP contribution in [0.1, 0.15) is 5.56 Å². The number of hydrogen-bond donors (Lipinski definition) is 2. The summed E-state index contributed by atoms with van der Waals surface area (Å²) in [4.78, 5) is 14.7. The van der Waals surface area contributed by atoms with Crippen LogP contribution in [0.4, 0.5) is 17.1 Å². The third kappa shape index (κ3) is 4.63. The number of nitrogens with one attached hydrogen (secondary N) is 2. The number of amides is 1. The van der Waals surface area contributed by atoms with E-state index in [1.165, 1.54) is 6.20 Å². The summed E-state index contributed by atoms with van der Waals surface area (Å²) < 4.78 is 5.40. The highest BCUT2D eigenvalue weighted by Gasteiger charge is 2.15. The zero-order valence-corrected chi connectivity index (χ0v) is 16.3. The average molecular weight is 397 g/mol. The molecule has 1 amide bonds. The molecule has 1 aliphatic rings. The lowest BCUT2D eigenvalue weighted by molar-refractivity contribution is -0.112. The minimum Gasteiger partial charge on any atom is -0.378 e. The smallest absolute Gasteiger partial charge is 0.267 e. The van der Waals surface area contributed by atoms with Crippen molar-refractivity contribution >= 4 is 34.6 Å². The van der Waals surface area contributed by atoms with Gasteiger partial charge in [0.05, 0.1) is 24.6 Å². The van der Waals surface area contributed by atoms with E-state index in [9.17, 15) is 10.1 Å². The van der Waals surface area contributed by atoms with Crippen molar-refractivity contribution < 1.29 is 9.53 Å². The lowest BCUT2D eigenvalue weighted by atomic mass is 10.2. The first kappa shape index (κ1) is 19.7. The second-order valence-corrected chi connectivity index (χ2v) is 6.70. The van der Waals surface area contributed by atoms with Gasteiger partial charge in [0.25, 0.3) is 5.91 Å². The summed E-state index contributed by atoms with van der Waals surface area (Å²) in [6.07, 6.45) is 1.43. The zero-order chi connectivity index (χ0) is 19.9. The number of nitrogens with zero attached hydrogens (tertiary/aromatic N) is 2. The largest absolute Gasteiger partial charge is 0.378 e. The fourth-order valence-corrected chi connectivity index (χ4v) is 3.08. The van der Waals surface area contributed by atoms with Crippen LogP contribution in [-0.2, 0) is 9.53 Å². The van der Waals surface area contributed by atoms with Crippen molar-refractivity contribution in [1.82, 2.24) is 0 Å². The molecule has 0 bridgehead atoms. The summed E-state index contributed by atoms with van der Waals surface area (Å²) in [5.41, 5.74) is 3.12. The first-order valence-corrected chi connectivity index (χ1v) is 9.33. The number of ether oxygens (including phenoxy) is 1. The van der Waals surface area contributed by atoms with Gasteiger partial charge in [-0.05, 0) is 36.8 Å². The maximum atomic E-state index is 12.5. The van der Waals surface area contributed by atoms with Crippen molar-refractivity contribution in [2.75, 3.05) is 41.8 Å². The molecule has 0 unspecified atom stereocenters. The zero-order valence-electron chi connectivity index (χ0n) is 15.5. The Labute approximate surface area is 169 Å². The number of benzene rings is 2. The molecule has 0 atom stereocenters. The summed E-state index contributed by atoms with van der Waals surface area (Å²) in [5.74, 6) is -0.496. The van der Waals surface area contributed by atoms with E-state index in [0.29, 0.717) is 23.9 Å². The van der Waals surface area contributed by atoms with Crippen LogP contribution >= 0.6 is 11.6 Å². The van der Waals surface area contributed by atoms with E-state index in [4.69, 9.17) is 16.3 Å². The van der Waals surface area contributed by atoms with Crippen LogP contribution in [0.3, 0.4) is 0 Å². The van der Waals surface area contributed by atoms with Gasteiger partial charge in [-0.2, -0.15) is 5.26 Å². The van der Waals surface area contributed by atoms with E-state index in [1.54, 1.807) is 18.2 Å². The molecule has 1 aliphatic heterocycles. The number of carbonyl (C=O) groups is 1. The topological polar surface area (TPSA) is 77.4 Å². The van der Waals surface area contributed by atoms with Gasteiger partial charge in [0.2, 0.25) is 0 Å². The molecule has 0 aliphatic carbocycles. The quantitative estimate of drug-likeness (QED) is 0.591. The predicted molar refractivity (Wildman–Crippen MR) is 112 cm³/mol. The van der Waals surface area contributed by atoms with Gasteiger partial charge in [-0.15, -0.1) is 0 Å². The number of anilines is 3. The molecule has 144 valence electrons. The molecule has 0 saturated carbocycles. The summed E-state index contributed by atoms with van der Waals surface area (Å²) in [6, 6.07) is 15.0. The number of para-hydroxylation sites is 2. The van der Waals surface area contributed by atoms with E-state index < -0.39 is 5.91 Å². The first-order chi connectivity index (χ1) is 13.6. The van der Waals surface area contributed by atoms with E-state index in [-0.39, 0.29) is 5.57 Å². The number of nitriles is 1. The Morgan fingerprint density at radius 2 is 1.89 bits per heavy atom. The van der Waals surface area contributed by atoms with Gasteiger partial charge in [0.15, 0.2) is 0 Å². The fraction of sp³-hybridized carbons (Fsp3) is 0.238. The molecule has 2 aromatic carbocycles. The SMILES string of the molecule is Cc1c(Cl)cccc1NC(=O)/C(C#N)=C\Nc1ccccc1N1CCOCC1. The van der Waals surface area contributed by atoms with Crippen molar-refractivity contribution in [3.63, 3.8) is 0 Å². The van der Waals surface area contributed by atoms with Gasteiger partial charge >= 0.3 is 0 Å². The molecule has 3 rings (SSSR count). The maximum absolute atomic E-state index is 12.5. The van der Waals surface area contributed by atoms with Gasteiger partial charge in [-0.3, -0.25) is 4.79 Å². The van der Waals surface area contributed by atoms with Crippen LogP contribution < -0.4 is 15.5 Å². The third-order valence-corrected chi connectivity index (χ3v) is 4.92. The van der Waals surface area contributed by atoms with Gasteiger partial charge in [0, 0.05) is 30.0 Å². The molecule has 0 aromatic heterocycles. The summed E-state index contributed by atoms with van der Waals surface area (Å²) >= 11 is 6.09. The molecule has 28 heavy (non-hydrogen) atoms. The van der Waals surface area contributed by atoms with E-state index >= 15 is 0 Å². The molecule has 6 nitrogen and oxygen atoms in total. The van der Waals surface area contributed by atoms with Crippen molar-refractivity contribution in [1.29, 1.82) is 5.26 Å². The van der Waals surface area contributed by atoms with Crippen molar-refractivity contribution in [3.05, 3.63) is 64.8 Å². The van der Waals surface area contributed by atoms with Crippen molar-refractivity contribution in [2.45, 2.75) is 6.92 Å². The second-order valence-electron chi connectivity index (χ2n) is 6.30. The Morgan fingerprint density at radius 1 is 1.18 bits per heavy atom. The van der Waals surface area contributed by atoms with Crippen LogP contribution in [-0.4, -0.2) is 32.2 Å². The minimum atomic E-state index is -0.496. The summed E-state index contributed by atoms with van der Waals surface area (Å²) in [5, 5.41) is 15.8. The Hall–Kier alpha value is -3.01. The molecular formula is C21H21ClN4O2. The lowest BCUT2D eigenvalue weighted by Gasteiger charge is -2.30. The third-order valence-electron chi connectivity index (χ3n) is 4.51. The van der Waals surface area contributed by atoms with Gasteiger partial charge in [-0.25, -0.2) is 0 Å². The first-order valence-electron chi connectivity index (χ1n) is 8.95.